The third-order valence-electron chi connectivity index (χ3n) is 4.25. The predicted octanol–water partition coefficient (Wildman–Crippen LogP) is 4.79. The van der Waals surface area contributed by atoms with Crippen molar-refractivity contribution in [2.45, 2.75) is 12.8 Å². The second-order valence-corrected chi connectivity index (χ2v) is 7.64. The Kier molecular flexibility index (Phi) is 7.01. The van der Waals surface area contributed by atoms with E-state index in [1.165, 1.54) is 17.4 Å². The average Bonchev–Trinajstić information content (AvgIpc) is 3.14. The van der Waals surface area contributed by atoms with Gasteiger partial charge in [-0.2, -0.15) is 0 Å². The van der Waals surface area contributed by atoms with Gasteiger partial charge >= 0.3 is 0 Å². The van der Waals surface area contributed by atoms with Gasteiger partial charge in [-0.15, -0.1) is 11.3 Å². The summed E-state index contributed by atoms with van der Waals surface area (Å²) in [6.07, 6.45) is 0.947. The second-order valence-electron chi connectivity index (χ2n) is 6.38. The van der Waals surface area contributed by atoms with Crippen molar-refractivity contribution in [3.05, 3.63) is 70.4 Å². The summed E-state index contributed by atoms with van der Waals surface area (Å²) in [5.41, 5.74) is 2.15. The quantitative estimate of drug-likeness (QED) is 0.536. The molecule has 1 aromatic heterocycles. The number of hydrogen-bond donors (Lipinski definition) is 1. The molecule has 0 atom stereocenters. The van der Waals surface area contributed by atoms with E-state index < -0.39 is 0 Å². The Labute approximate surface area is 173 Å². The number of halogens is 2. The van der Waals surface area contributed by atoms with Gasteiger partial charge in [0.1, 0.15) is 10.8 Å². The van der Waals surface area contributed by atoms with Gasteiger partial charge in [0.15, 0.2) is 0 Å². The van der Waals surface area contributed by atoms with Gasteiger partial charge in [-0.05, 0) is 24.6 Å². The standard InChI is InChI=1S/C21H21ClFN3OS/c1-26(19-10-5-4-9-18(19)23)12-6-11-24-20(27)13-15-14-28-21(25-15)16-7-2-3-8-17(16)22/h2-5,7-10,14H,6,11-13H2,1H3,(H,24,27). The van der Waals surface area contributed by atoms with E-state index in [1.54, 1.807) is 18.2 Å². The Morgan fingerprint density at radius 1 is 1.21 bits per heavy atom. The van der Waals surface area contributed by atoms with Gasteiger partial charge in [-0.1, -0.05) is 41.9 Å². The molecule has 1 amide bonds. The molecule has 1 N–H and O–H groups in total. The fraction of sp³-hybridized carbons (Fsp3) is 0.238. The highest BCUT2D eigenvalue weighted by atomic mass is 35.5. The summed E-state index contributed by atoms with van der Waals surface area (Å²) in [6, 6.07) is 14.2. The number of rotatable bonds is 8. The summed E-state index contributed by atoms with van der Waals surface area (Å²) in [5, 5.41) is 6.22. The summed E-state index contributed by atoms with van der Waals surface area (Å²) in [4.78, 5) is 18.5. The van der Waals surface area contributed by atoms with Gasteiger partial charge in [-0.25, -0.2) is 9.37 Å². The average molecular weight is 418 g/mol. The molecule has 0 unspecified atom stereocenters. The SMILES string of the molecule is CN(CCCNC(=O)Cc1csc(-c2ccccc2Cl)n1)c1ccccc1F. The van der Waals surface area contributed by atoms with Crippen molar-refractivity contribution >= 4 is 34.5 Å². The topological polar surface area (TPSA) is 45.2 Å². The van der Waals surface area contributed by atoms with Crippen LogP contribution >= 0.6 is 22.9 Å². The first-order valence-electron chi connectivity index (χ1n) is 8.96. The highest BCUT2D eigenvalue weighted by Crippen LogP contribution is 2.30. The lowest BCUT2D eigenvalue weighted by molar-refractivity contribution is -0.120. The largest absolute Gasteiger partial charge is 0.372 e. The number of nitrogens with zero attached hydrogens (tertiary/aromatic N) is 2. The number of nitrogens with one attached hydrogen (secondary N) is 1. The fourth-order valence-corrected chi connectivity index (χ4v) is 3.94. The minimum Gasteiger partial charge on any atom is -0.372 e. The molecule has 1 heterocycles. The highest BCUT2D eigenvalue weighted by Gasteiger charge is 2.11. The lowest BCUT2D eigenvalue weighted by atomic mass is 10.2. The first-order chi connectivity index (χ1) is 13.5. The molecule has 4 nitrogen and oxygen atoms in total. The van der Waals surface area contributed by atoms with Gasteiger partial charge in [0.05, 0.1) is 22.8 Å². The summed E-state index contributed by atoms with van der Waals surface area (Å²) in [7, 11) is 1.84. The lowest BCUT2D eigenvalue weighted by Crippen LogP contribution is -2.29. The Morgan fingerprint density at radius 2 is 1.96 bits per heavy atom. The van der Waals surface area contributed by atoms with E-state index in [4.69, 9.17) is 11.6 Å². The van der Waals surface area contributed by atoms with E-state index in [2.05, 4.69) is 10.3 Å². The molecule has 0 spiro atoms. The van der Waals surface area contributed by atoms with Crippen molar-refractivity contribution in [3.63, 3.8) is 0 Å². The van der Waals surface area contributed by atoms with Crippen LogP contribution in [0.4, 0.5) is 10.1 Å². The molecule has 0 saturated carbocycles. The number of anilines is 1. The van der Waals surface area contributed by atoms with Crippen molar-refractivity contribution in [2.24, 2.45) is 0 Å². The number of carbonyl (C=O) groups excluding carboxylic acids is 1. The van der Waals surface area contributed by atoms with E-state index in [1.807, 2.05) is 41.6 Å². The van der Waals surface area contributed by atoms with Crippen molar-refractivity contribution in [1.29, 1.82) is 0 Å². The first kappa shape index (κ1) is 20.3. The summed E-state index contributed by atoms with van der Waals surface area (Å²) >= 11 is 7.67. The molecule has 0 aliphatic heterocycles. The van der Waals surface area contributed by atoms with Crippen molar-refractivity contribution in [2.75, 3.05) is 25.0 Å². The Hall–Kier alpha value is -2.44. The van der Waals surface area contributed by atoms with Crippen LogP contribution < -0.4 is 10.2 Å². The fourth-order valence-electron chi connectivity index (χ4n) is 2.80. The maximum Gasteiger partial charge on any atom is 0.226 e. The van der Waals surface area contributed by atoms with Crippen molar-refractivity contribution in [1.82, 2.24) is 10.3 Å². The van der Waals surface area contributed by atoms with Gasteiger partial charge in [0, 0.05) is 31.1 Å². The van der Waals surface area contributed by atoms with Crippen molar-refractivity contribution in [3.8, 4) is 10.6 Å². The maximum absolute atomic E-state index is 13.7. The molecule has 0 radical (unpaired) electrons. The third kappa shape index (κ3) is 5.30. The number of hydrogen-bond acceptors (Lipinski definition) is 4. The smallest absolute Gasteiger partial charge is 0.226 e. The van der Waals surface area contributed by atoms with E-state index in [9.17, 15) is 9.18 Å². The first-order valence-corrected chi connectivity index (χ1v) is 10.2. The van der Waals surface area contributed by atoms with E-state index in [-0.39, 0.29) is 18.1 Å². The molecular formula is C21H21ClFN3OS. The normalized spacial score (nSPS) is 10.7. The van der Waals surface area contributed by atoms with Crippen LogP contribution in [0.2, 0.25) is 5.02 Å². The molecule has 28 heavy (non-hydrogen) atoms. The van der Waals surface area contributed by atoms with Gasteiger partial charge in [0.2, 0.25) is 5.91 Å². The molecular weight excluding hydrogens is 397 g/mol. The van der Waals surface area contributed by atoms with Crippen LogP contribution in [0.5, 0.6) is 0 Å². The Morgan fingerprint density at radius 3 is 2.75 bits per heavy atom. The van der Waals surface area contributed by atoms with Gasteiger partial charge < -0.3 is 10.2 Å². The molecule has 0 bridgehead atoms. The van der Waals surface area contributed by atoms with Crippen LogP contribution in [0.3, 0.4) is 0 Å². The minimum atomic E-state index is -0.244. The minimum absolute atomic E-state index is 0.0791. The Balaban J connectivity index is 1.44. The van der Waals surface area contributed by atoms with Crippen LogP contribution in [0.1, 0.15) is 12.1 Å². The molecule has 3 rings (SSSR count). The number of para-hydroxylation sites is 1. The zero-order valence-electron chi connectivity index (χ0n) is 15.5. The number of benzene rings is 2. The number of carbonyl (C=O) groups is 1. The lowest BCUT2D eigenvalue weighted by Gasteiger charge is -2.19. The van der Waals surface area contributed by atoms with Gasteiger partial charge in [0.25, 0.3) is 0 Å². The highest BCUT2D eigenvalue weighted by molar-refractivity contribution is 7.13. The Bertz CT molecular complexity index is 947. The zero-order valence-corrected chi connectivity index (χ0v) is 17.1. The number of amides is 1. The van der Waals surface area contributed by atoms with E-state index in [0.29, 0.717) is 23.8 Å². The number of thiazole rings is 1. The third-order valence-corrected chi connectivity index (χ3v) is 5.51. The van der Waals surface area contributed by atoms with Crippen molar-refractivity contribution < 1.29 is 9.18 Å². The zero-order chi connectivity index (χ0) is 19.9. The van der Waals surface area contributed by atoms with Crippen LogP contribution in [0.15, 0.2) is 53.9 Å². The maximum atomic E-state index is 13.7. The van der Waals surface area contributed by atoms with Crippen LogP contribution in [-0.2, 0) is 11.2 Å². The molecule has 0 fully saturated rings. The molecule has 2 aromatic carbocycles. The molecule has 7 heteroatoms. The predicted molar refractivity (Wildman–Crippen MR) is 114 cm³/mol. The van der Waals surface area contributed by atoms with Crippen LogP contribution in [-0.4, -0.2) is 31.0 Å². The molecule has 0 saturated heterocycles. The van der Waals surface area contributed by atoms with E-state index >= 15 is 0 Å². The second kappa shape index (κ2) is 9.66. The summed E-state index contributed by atoms with van der Waals surface area (Å²) < 4.78 is 13.7. The molecule has 0 aliphatic rings. The van der Waals surface area contributed by atoms with E-state index in [0.717, 1.165) is 22.7 Å². The summed E-state index contributed by atoms with van der Waals surface area (Å²) in [6.45, 7) is 1.17. The number of aromatic nitrogens is 1. The molecule has 146 valence electrons. The van der Waals surface area contributed by atoms with Crippen LogP contribution in [0.25, 0.3) is 10.6 Å². The van der Waals surface area contributed by atoms with Crippen LogP contribution in [0, 0.1) is 5.82 Å². The monoisotopic (exact) mass is 417 g/mol. The molecule has 0 aliphatic carbocycles. The van der Waals surface area contributed by atoms with Gasteiger partial charge in [-0.3, -0.25) is 4.79 Å². The summed E-state index contributed by atoms with van der Waals surface area (Å²) in [5.74, 6) is -0.323. The molecule has 3 aromatic rings.